The molecule has 100 valence electrons. The maximum Gasteiger partial charge on any atom is 0.133 e. The highest BCUT2D eigenvalue weighted by molar-refractivity contribution is 8.10. The first kappa shape index (κ1) is 19.0. The molecule has 0 saturated carbocycles. The fraction of sp³-hybridized carbons (Fsp3) is 0.615. The van der Waals surface area contributed by atoms with Crippen molar-refractivity contribution in [2.45, 2.75) is 27.7 Å². The number of nitrogens with zero attached hydrogens (tertiary/aromatic N) is 1. The molecule has 0 amide bonds. The number of thiocarbonyl (C=S) groups is 1. The Kier molecular flexibility index (Phi) is 13.6. The quantitative estimate of drug-likeness (QED) is 0.439. The molecule has 0 radical (unpaired) electrons. The van der Waals surface area contributed by atoms with Crippen molar-refractivity contribution in [2.75, 3.05) is 26.2 Å². The zero-order chi connectivity index (χ0) is 13.8. The second kappa shape index (κ2) is 12.1. The fourth-order valence-electron chi connectivity index (χ4n) is 0.979. The van der Waals surface area contributed by atoms with Crippen molar-refractivity contribution in [1.82, 2.24) is 10.2 Å². The van der Waals surface area contributed by atoms with Crippen molar-refractivity contribution in [1.29, 1.82) is 0 Å². The van der Waals surface area contributed by atoms with E-state index in [1.54, 1.807) is 0 Å². The molecule has 0 heterocycles. The zero-order valence-electron chi connectivity index (χ0n) is 11.5. The molecule has 1 N–H and O–H groups in total. The summed E-state index contributed by atoms with van der Waals surface area (Å²) in [5, 5.41) is 3.15. The van der Waals surface area contributed by atoms with E-state index in [0.29, 0.717) is 4.32 Å². The molecule has 0 spiro atoms. The first-order valence-corrected chi connectivity index (χ1v) is 6.67. The average molecular weight is 274 g/mol. The summed E-state index contributed by atoms with van der Waals surface area (Å²) in [6.07, 6.45) is 0. The average Bonchev–Trinajstić information content (AvgIpc) is 2.23. The van der Waals surface area contributed by atoms with E-state index in [1.165, 1.54) is 5.57 Å². The van der Waals surface area contributed by atoms with Gasteiger partial charge in [-0.1, -0.05) is 43.4 Å². The molecule has 0 aromatic rings. The molecule has 0 aromatic carbocycles. The number of likely N-dealkylation sites (N-methyl/N-ethyl adjacent to an activating group) is 2. The van der Waals surface area contributed by atoms with Crippen LogP contribution in [0.5, 0.6) is 0 Å². The van der Waals surface area contributed by atoms with Crippen LogP contribution in [0.4, 0.5) is 0 Å². The molecule has 0 aromatic heterocycles. The van der Waals surface area contributed by atoms with Crippen molar-refractivity contribution >= 4 is 29.2 Å². The first-order valence-electron chi connectivity index (χ1n) is 5.82. The molecule has 0 saturated heterocycles. The van der Waals surface area contributed by atoms with Gasteiger partial charge in [0.05, 0.1) is 0 Å². The Balaban J connectivity index is 0. The second-order valence-corrected chi connectivity index (χ2v) is 5.10. The molecular weight excluding hydrogens is 248 g/mol. The summed E-state index contributed by atoms with van der Waals surface area (Å²) in [6.45, 7) is 19.4. The maximum absolute atomic E-state index is 4.88. The minimum absolute atomic E-state index is 0.644. The second-order valence-electron chi connectivity index (χ2n) is 3.99. The molecule has 0 aliphatic carbocycles. The van der Waals surface area contributed by atoms with Gasteiger partial charge in [0.2, 0.25) is 0 Å². The topological polar surface area (TPSA) is 15.3 Å². The molecule has 0 rings (SSSR count). The molecular formula is C13H26N2S2. The molecule has 4 heteroatoms. The van der Waals surface area contributed by atoms with E-state index in [9.17, 15) is 0 Å². The van der Waals surface area contributed by atoms with Gasteiger partial charge < -0.3 is 10.2 Å². The predicted molar refractivity (Wildman–Crippen MR) is 87.0 cm³/mol. The lowest BCUT2D eigenvalue weighted by Gasteiger charge is -2.19. The molecule has 0 aliphatic heterocycles. The number of nitrogens with one attached hydrogen (secondary N) is 1. The van der Waals surface area contributed by atoms with Crippen LogP contribution in [-0.2, 0) is 0 Å². The first-order chi connectivity index (χ1) is 7.84. The minimum Gasteiger partial charge on any atom is -0.354 e. The lowest BCUT2D eigenvalue weighted by molar-refractivity contribution is 0.495. The van der Waals surface area contributed by atoms with E-state index in [4.69, 9.17) is 12.2 Å². The Hall–Kier alpha value is -0.320. The van der Waals surface area contributed by atoms with Gasteiger partial charge in [0.1, 0.15) is 4.32 Å². The van der Waals surface area contributed by atoms with Crippen LogP contribution in [0.25, 0.3) is 0 Å². The van der Waals surface area contributed by atoms with Gasteiger partial charge in [-0.15, -0.1) is 12.6 Å². The SMILES string of the molecule is C=C(C)CN(CC)C(=S)S.C=C(C)CNCC. The third kappa shape index (κ3) is 15.7. The van der Waals surface area contributed by atoms with E-state index in [-0.39, 0.29) is 0 Å². The van der Waals surface area contributed by atoms with Crippen molar-refractivity contribution in [3.05, 3.63) is 24.3 Å². The van der Waals surface area contributed by atoms with Crippen LogP contribution in [-0.4, -0.2) is 35.4 Å². The summed E-state index contributed by atoms with van der Waals surface area (Å²) in [4.78, 5) is 1.99. The van der Waals surface area contributed by atoms with Crippen LogP contribution in [0.15, 0.2) is 24.3 Å². The summed E-state index contributed by atoms with van der Waals surface area (Å²) in [7, 11) is 0. The number of hydrogen-bond donors (Lipinski definition) is 2. The van der Waals surface area contributed by atoms with Crippen LogP contribution in [0.2, 0.25) is 0 Å². The third-order valence-corrected chi connectivity index (χ3v) is 2.33. The van der Waals surface area contributed by atoms with Crippen LogP contribution >= 0.6 is 24.8 Å². The largest absolute Gasteiger partial charge is 0.354 e. The molecule has 0 atom stereocenters. The van der Waals surface area contributed by atoms with Gasteiger partial charge in [0.25, 0.3) is 0 Å². The smallest absolute Gasteiger partial charge is 0.133 e. The van der Waals surface area contributed by atoms with E-state index in [1.807, 2.05) is 25.7 Å². The minimum atomic E-state index is 0.644. The molecule has 0 fully saturated rings. The highest BCUT2D eigenvalue weighted by Crippen LogP contribution is 1.99. The lowest BCUT2D eigenvalue weighted by Crippen LogP contribution is -2.27. The van der Waals surface area contributed by atoms with Crippen molar-refractivity contribution < 1.29 is 0 Å². The number of thiol groups is 1. The summed E-state index contributed by atoms with van der Waals surface area (Å²) in [6, 6.07) is 0. The fourth-order valence-corrected chi connectivity index (χ4v) is 1.38. The van der Waals surface area contributed by atoms with Gasteiger partial charge in [0, 0.05) is 19.6 Å². The third-order valence-electron chi connectivity index (χ3n) is 1.79. The van der Waals surface area contributed by atoms with E-state index in [0.717, 1.165) is 31.8 Å². The molecule has 0 unspecified atom stereocenters. The van der Waals surface area contributed by atoms with Gasteiger partial charge in [0.15, 0.2) is 0 Å². The van der Waals surface area contributed by atoms with E-state index in [2.05, 4.69) is 38.0 Å². The normalized spacial score (nSPS) is 9.00. The van der Waals surface area contributed by atoms with Gasteiger partial charge in [-0.3, -0.25) is 0 Å². The standard InChI is InChI=1S/C7H13NS2.C6H13N/c1-4-8(7(9)10)5-6(2)3;1-4-7-5-6(2)3/h2,4-5H2,1,3H3,(H,9,10);7H,2,4-5H2,1,3H3. The van der Waals surface area contributed by atoms with Crippen LogP contribution in [0.3, 0.4) is 0 Å². The van der Waals surface area contributed by atoms with Gasteiger partial charge >= 0.3 is 0 Å². The van der Waals surface area contributed by atoms with Crippen LogP contribution in [0, 0.1) is 0 Å². The molecule has 0 bridgehead atoms. The Morgan fingerprint density at radius 2 is 1.76 bits per heavy atom. The molecule has 0 aliphatic rings. The Morgan fingerprint density at radius 1 is 1.24 bits per heavy atom. The van der Waals surface area contributed by atoms with Gasteiger partial charge in [-0.05, 0) is 27.3 Å². The lowest BCUT2D eigenvalue weighted by atomic mass is 10.3. The monoisotopic (exact) mass is 274 g/mol. The summed E-state index contributed by atoms with van der Waals surface area (Å²) >= 11 is 8.95. The van der Waals surface area contributed by atoms with Gasteiger partial charge in [-0.25, -0.2) is 0 Å². The molecule has 2 nitrogen and oxygen atoms in total. The van der Waals surface area contributed by atoms with Gasteiger partial charge in [-0.2, -0.15) is 0 Å². The molecule has 17 heavy (non-hydrogen) atoms. The van der Waals surface area contributed by atoms with Crippen molar-refractivity contribution in [2.24, 2.45) is 0 Å². The highest BCUT2D eigenvalue weighted by atomic mass is 32.1. The van der Waals surface area contributed by atoms with Crippen molar-refractivity contribution in [3.8, 4) is 0 Å². The summed E-state index contributed by atoms with van der Waals surface area (Å²) in [5.41, 5.74) is 2.31. The summed E-state index contributed by atoms with van der Waals surface area (Å²) in [5.74, 6) is 0. The summed E-state index contributed by atoms with van der Waals surface area (Å²) < 4.78 is 0.644. The zero-order valence-corrected chi connectivity index (χ0v) is 13.3. The number of rotatable bonds is 6. The van der Waals surface area contributed by atoms with E-state index >= 15 is 0 Å². The van der Waals surface area contributed by atoms with Crippen LogP contribution < -0.4 is 5.32 Å². The number of hydrogen-bond acceptors (Lipinski definition) is 2. The Morgan fingerprint density at radius 3 is 1.88 bits per heavy atom. The predicted octanol–water partition coefficient (Wildman–Crippen LogP) is 3.27. The van der Waals surface area contributed by atoms with Crippen molar-refractivity contribution in [3.63, 3.8) is 0 Å². The maximum atomic E-state index is 4.88. The van der Waals surface area contributed by atoms with E-state index < -0.39 is 0 Å². The Bertz CT molecular complexity index is 250. The Labute approximate surface area is 118 Å². The highest BCUT2D eigenvalue weighted by Gasteiger charge is 2.01. The van der Waals surface area contributed by atoms with Crippen LogP contribution in [0.1, 0.15) is 27.7 Å².